The number of hydrogen-bond donors (Lipinski definition) is 2. The van der Waals surface area contributed by atoms with E-state index in [0.717, 1.165) is 0 Å². The van der Waals surface area contributed by atoms with Crippen molar-refractivity contribution < 1.29 is 19.7 Å². The summed E-state index contributed by atoms with van der Waals surface area (Å²) in [6.45, 7) is 3.20. The predicted octanol–water partition coefficient (Wildman–Crippen LogP) is -0.507. The van der Waals surface area contributed by atoms with Crippen LogP contribution in [0.25, 0.3) is 0 Å². The second-order valence-corrected chi connectivity index (χ2v) is 3.43. The Morgan fingerprint density at radius 1 is 1.54 bits per heavy atom. The molecule has 0 aromatic rings. The molecular weight excluding hydrogens is 172 g/mol. The van der Waals surface area contributed by atoms with Crippen LogP contribution in [-0.4, -0.2) is 40.9 Å². The first-order chi connectivity index (χ1) is 6.00. The molecule has 0 saturated carbocycles. The highest BCUT2D eigenvalue weighted by Gasteiger charge is 2.43. The summed E-state index contributed by atoms with van der Waals surface area (Å²) in [5.41, 5.74) is 0. The molecule has 1 heterocycles. The molecule has 2 N–H and O–H groups in total. The number of ether oxygens (including phenoxy) is 2. The first-order valence-corrected chi connectivity index (χ1v) is 4.11. The van der Waals surface area contributed by atoms with Gasteiger partial charge in [0.1, 0.15) is 18.3 Å². The van der Waals surface area contributed by atoms with E-state index < -0.39 is 24.1 Å². The van der Waals surface area contributed by atoms with Gasteiger partial charge in [0.15, 0.2) is 5.79 Å². The van der Waals surface area contributed by atoms with Crippen molar-refractivity contribution in [2.24, 2.45) is 0 Å². The highest BCUT2D eigenvalue weighted by atomic mass is 16.8. The molecule has 3 atom stereocenters. The molecule has 1 aliphatic rings. The van der Waals surface area contributed by atoms with Gasteiger partial charge in [0.25, 0.3) is 0 Å². The van der Waals surface area contributed by atoms with Crippen molar-refractivity contribution >= 4 is 0 Å². The topological polar surface area (TPSA) is 58.9 Å². The van der Waals surface area contributed by atoms with Gasteiger partial charge in [-0.25, -0.2) is 0 Å². The monoisotopic (exact) mass is 186 g/mol. The Kier molecular flexibility index (Phi) is 2.94. The van der Waals surface area contributed by atoms with E-state index in [1.54, 1.807) is 13.8 Å². The van der Waals surface area contributed by atoms with Crippen LogP contribution >= 0.6 is 0 Å². The number of hydrogen-bond acceptors (Lipinski definition) is 4. The van der Waals surface area contributed by atoms with Crippen molar-refractivity contribution in [2.45, 2.75) is 37.9 Å². The van der Waals surface area contributed by atoms with Crippen LogP contribution < -0.4 is 0 Å². The summed E-state index contributed by atoms with van der Waals surface area (Å²) >= 11 is 0. The zero-order valence-electron chi connectivity index (χ0n) is 7.73. The molecule has 1 aliphatic heterocycles. The Morgan fingerprint density at radius 2 is 2.15 bits per heavy atom. The maximum absolute atomic E-state index is 9.34. The van der Waals surface area contributed by atoms with E-state index in [4.69, 9.17) is 21.0 Å². The molecule has 1 rings (SSSR count). The lowest BCUT2D eigenvalue weighted by atomic mass is 10.1. The Balaban J connectivity index is 2.70. The largest absolute Gasteiger partial charge is 0.394 e. The SMILES string of the molecule is C#C[C@@H](O)[C@@H]1OC(C)(C)O[C@@H]1CO. The summed E-state index contributed by atoms with van der Waals surface area (Å²) < 4.78 is 10.6. The van der Waals surface area contributed by atoms with E-state index in [9.17, 15) is 5.11 Å². The van der Waals surface area contributed by atoms with Gasteiger partial charge in [0, 0.05) is 0 Å². The quantitative estimate of drug-likeness (QED) is 0.570. The van der Waals surface area contributed by atoms with E-state index >= 15 is 0 Å². The van der Waals surface area contributed by atoms with Crippen molar-refractivity contribution in [3.63, 3.8) is 0 Å². The normalized spacial score (nSPS) is 34.1. The molecule has 0 radical (unpaired) electrons. The molecule has 4 nitrogen and oxygen atoms in total. The zero-order chi connectivity index (χ0) is 10.1. The van der Waals surface area contributed by atoms with Crippen LogP contribution in [0.5, 0.6) is 0 Å². The molecule has 4 heteroatoms. The summed E-state index contributed by atoms with van der Waals surface area (Å²) in [4.78, 5) is 0. The number of aliphatic hydroxyl groups excluding tert-OH is 2. The minimum atomic E-state index is -1.04. The van der Waals surface area contributed by atoms with Gasteiger partial charge in [-0.15, -0.1) is 6.42 Å². The number of aliphatic hydroxyl groups is 2. The second-order valence-electron chi connectivity index (χ2n) is 3.43. The smallest absolute Gasteiger partial charge is 0.164 e. The first kappa shape index (κ1) is 10.5. The van der Waals surface area contributed by atoms with Crippen LogP contribution in [0.3, 0.4) is 0 Å². The highest BCUT2D eigenvalue weighted by molar-refractivity contribution is 5.02. The average Bonchev–Trinajstić information content (AvgIpc) is 2.39. The molecule has 0 unspecified atom stereocenters. The van der Waals surface area contributed by atoms with Gasteiger partial charge < -0.3 is 19.7 Å². The van der Waals surface area contributed by atoms with Gasteiger partial charge in [-0.3, -0.25) is 0 Å². The van der Waals surface area contributed by atoms with Gasteiger partial charge in [-0.05, 0) is 13.8 Å². The Bertz CT molecular complexity index is 218. The molecule has 0 aliphatic carbocycles. The molecule has 74 valence electrons. The standard InChI is InChI=1S/C9H14O4/c1-4-6(11)8-7(5-10)12-9(2,3)13-8/h1,6-8,10-11H,5H2,2-3H3/t6-,7-,8+/m1/s1. The maximum atomic E-state index is 9.34. The predicted molar refractivity (Wildman–Crippen MR) is 45.8 cm³/mol. The number of terminal acetylenes is 1. The first-order valence-electron chi connectivity index (χ1n) is 4.11. The minimum absolute atomic E-state index is 0.215. The van der Waals surface area contributed by atoms with Crippen molar-refractivity contribution in [3.8, 4) is 12.3 Å². The summed E-state index contributed by atoms with van der Waals surface area (Å²) in [6, 6.07) is 0. The Hall–Kier alpha value is -0.600. The van der Waals surface area contributed by atoms with Gasteiger partial charge in [0.05, 0.1) is 6.61 Å². The highest BCUT2D eigenvalue weighted by Crippen LogP contribution is 2.29. The fourth-order valence-electron chi connectivity index (χ4n) is 1.37. The van der Waals surface area contributed by atoms with Crippen LogP contribution in [-0.2, 0) is 9.47 Å². The van der Waals surface area contributed by atoms with Crippen LogP contribution in [0.4, 0.5) is 0 Å². The minimum Gasteiger partial charge on any atom is -0.394 e. The fraction of sp³-hybridized carbons (Fsp3) is 0.778. The molecule has 0 aromatic heterocycles. The summed E-state index contributed by atoms with van der Waals surface area (Å²) in [5.74, 6) is 1.35. The van der Waals surface area contributed by atoms with E-state index in [1.165, 1.54) is 0 Å². The third-order valence-corrected chi connectivity index (χ3v) is 1.88. The van der Waals surface area contributed by atoms with Crippen LogP contribution in [0.1, 0.15) is 13.8 Å². The second kappa shape index (κ2) is 3.64. The van der Waals surface area contributed by atoms with Crippen molar-refractivity contribution in [3.05, 3.63) is 0 Å². The molecule has 1 saturated heterocycles. The third kappa shape index (κ3) is 2.20. The maximum Gasteiger partial charge on any atom is 0.164 e. The molecule has 1 fully saturated rings. The molecule has 13 heavy (non-hydrogen) atoms. The van der Waals surface area contributed by atoms with Gasteiger partial charge in [0.2, 0.25) is 0 Å². The van der Waals surface area contributed by atoms with E-state index in [0.29, 0.717) is 0 Å². The van der Waals surface area contributed by atoms with E-state index in [1.807, 2.05) is 0 Å². The lowest BCUT2D eigenvalue weighted by Gasteiger charge is -2.17. The zero-order valence-corrected chi connectivity index (χ0v) is 7.73. The van der Waals surface area contributed by atoms with Crippen LogP contribution in [0.15, 0.2) is 0 Å². The summed E-state index contributed by atoms with van der Waals surface area (Å²) in [5, 5.41) is 18.3. The van der Waals surface area contributed by atoms with Crippen LogP contribution in [0.2, 0.25) is 0 Å². The van der Waals surface area contributed by atoms with Crippen molar-refractivity contribution in [2.75, 3.05) is 6.61 Å². The lowest BCUT2D eigenvalue weighted by Crippen LogP contribution is -2.36. The molecule has 0 bridgehead atoms. The summed E-state index contributed by atoms with van der Waals surface area (Å²) in [7, 11) is 0. The molecule has 0 amide bonds. The summed E-state index contributed by atoms with van der Waals surface area (Å²) in [6.07, 6.45) is 2.79. The average molecular weight is 186 g/mol. The Morgan fingerprint density at radius 3 is 2.62 bits per heavy atom. The van der Waals surface area contributed by atoms with Gasteiger partial charge >= 0.3 is 0 Å². The van der Waals surface area contributed by atoms with Gasteiger partial charge in [-0.1, -0.05) is 5.92 Å². The van der Waals surface area contributed by atoms with Crippen molar-refractivity contribution in [1.82, 2.24) is 0 Å². The molecule has 0 spiro atoms. The third-order valence-electron chi connectivity index (χ3n) is 1.88. The number of rotatable bonds is 2. The van der Waals surface area contributed by atoms with E-state index in [2.05, 4.69) is 5.92 Å². The lowest BCUT2D eigenvalue weighted by molar-refractivity contribution is -0.154. The van der Waals surface area contributed by atoms with Crippen molar-refractivity contribution in [1.29, 1.82) is 0 Å². The fourth-order valence-corrected chi connectivity index (χ4v) is 1.37. The van der Waals surface area contributed by atoms with E-state index in [-0.39, 0.29) is 6.61 Å². The molecular formula is C9H14O4. The van der Waals surface area contributed by atoms with Gasteiger partial charge in [-0.2, -0.15) is 0 Å². The molecule has 0 aromatic carbocycles. The van der Waals surface area contributed by atoms with Crippen LogP contribution in [0, 0.1) is 12.3 Å². The Labute approximate surface area is 77.5 Å².